The highest BCUT2D eigenvalue weighted by atomic mass is 35.5. The molecule has 3 aromatic rings. The SMILES string of the molecule is N#Cc1cc(C#N)c(SCC(=O)Nc2cc(Cl)ccc2Oc2ccccc2)nc1N. The van der Waals surface area contributed by atoms with Crippen molar-refractivity contribution in [2.75, 3.05) is 16.8 Å². The van der Waals surface area contributed by atoms with Crippen LogP contribution in [-0.2, 0) is 4.79 Å². The summed E-state index contributed by atoms with van der Waals surface area (Å²) in [6, 6.07) is 19.2. The molecule has 0 spiro atoms. The molecule has 2 aromatic carbocycles. The average molecular weight is 436 g/mol. The molecule has 9 heteroatoms. The zero-order valence-electron chi connectivity index (χ0n) is 15.4. The van der Waals surface area contributed by atoms with E-state index in [2.05, 4.69) is 10.3 Å². The monoisotopic (exact) mass is 435 g/mol. The van der Waals surface area contributed by atoms with Crippen LogP contribution in [0.2, 0.25) is 5.02 Å². The quantitative estimate of drug-likeness (QED) is 0.542. The number of ether oxygens (including phenoxy) is 1. The maximum absolute atomic E-state index is 12.5. The van der Waals surface area contributed by atoms with Crippen LogP contribution in [0.1, 0.15) is 11.1 Å². The number of amides is 1. The zero-order valence-corrected chi connectivity index (χ0v) is 17.0. The molecule has 0 saturated carbocycles. The lowest BCUT2D eigenvalue weighted by molar-refractivity contribution is -0.113. The molecule has 3 rings (SSSR count). The standard InChI is InChI=1S/C21H14ClN5O2S/c22-15-6-7-18(29-16-4-2-1-3-5-16)17(9-15)26-19(28)12-30-21-14(11-24)8-13(10-23)20(25)27-21/h1-9H,12H2,(H2,25,27)(H,26,28). The molecule has 0 saturated heterocycles. The van der Waals surface area contributed by atoms with Gasteiger partial charge >= 0.3 is 0 Å². The van der Waals surface area contributed by atoms with Gasteiger partial charge in [-0.25, -0.2) is 4.98 Å². The number of nitrogens with one attached hydrogen (secondary N) is 1. The van der Waals surface area contributed by atoms with Crippen molar-refractivity contribution in [3.63, 3.8) is 0 Å². The van der Waals surface area contributed by atoms with Gasteiger partial charge in [-0.15, -0.1) is 0 Å². The van der Waals surface area contributed by atoms with Crippen molar-refractivity contribution in [2.24, 2.45) is 0 Å². The Balaban J connectivity index is 1.73. The van der Waals surface area contributed by atoms with Gasteiger partial charge in [0.15, 0.2) is 5.75 Å². The Kier molecular flexibility index (Phi) is 6.76. The molecule has 0 aliphatic heterocycles. The fourth-order valence-electron chi connectivity index (χ4n) is 2.41. The number of thioether (sulfide) groups is 1. The van der Waals surface area contributed by atoms with Gasteiger partial charge < -0.3 is 15.8 Å². The van der Waals surface area contributed by atoms with Crippen LogP contribution in [0.15, 0.2) is 59.6 Å². The molecule has 1 heterocycles. The summed E-state index contributed by atoms with van der Waals surface area (Å²) in [6.45, 7) is 0. The first-order chi connectivity index (χ1) is 14.5. The summed E-state index contributed by atoms with van der Waals surface area (Å²) in [6.07, 6.45) is 0. The van der Waals surface area contributed by atoms with Crippen LogP contribution in [0.3, 0.4) is 0 Å². The summed E-state index contributed by atoms with van der Waals surface area (Å²) in [4.78, 5) is 16.5. The van der Waals surface area contributed by atoms with E-state index in [0.717, 1.165) is 11.8 Å². The van der Waals surface area contributed by atoms with Crippen LogP contribution in [0.25, 0.3) is 0 Å². The van der Waals surface area contributed by atoms with E-state index in [1.54, 1.807) is 30.3 Å². The van der Waals surface area contributed by atoms with E-state index in [1.165, 1.54) is 6.07 Å². The Labute approximate surface area is 182 Å². The Morgan fingerprint density at radius 3 is 2.57 bits per heavy atom. The fourth-order valence-corrected chi connectivity index (χ4v) is 3.35. The molecule has 30 heavy (non-hydrogen) atoms. The highest BCUT2D eigenvalue weighted by Gasteiger charge is 2.14. The van der Waals surface area contributed by atoms with Crippen LogP contribution in [0.5, 0.6) is 11.5 Å². The second kappa shape index (κ2) is 9.66. The summed E-state index contributed by atoms with van der Waals surface area (Å²) in [7, 11) is 0. The Hall–Kier alpha value is -3.72. The predicted molar refractivity (Wildman–Crippen MR) is 115 cm³/mol. The third-order valence-corrected chi connectivity index (χ3v) is 5.01. The van der Waals surface area contributed by atoms with Gasteiger partial charge in [-0.05, 0) is 36.4 Å². The third kappa shape index (κ3) is 5.21. The summed E-state index contributed by atoms with van der Waals surface area (Å²) in [5.41, 5.74) is 6.40. The first-order valence-corrected chi connectivity index (χ1v) is 9.92. The molecular formula is C21H14ClN5O2S. The summed E-state index contributed by atoms with van der Waals surface area (Å²) in [5, 5.41) is 21.7. The number of nitrogen functional groups attached to an aromatic ring is 1. The molecule has 0 aliphatic rings. The van der Waals surface area contributed by atoms with Crippen molar-refractivity contribution in [1.82, 2.24) is 4.98 Å². The Morgan fingerprint density at radius 1 is 1.13 bits per heavy atom. The van der Waals surface area contributed by atoms with Gasteiger partial charge in [0.05, 0.1) is 22.6 Å². The predicted octanol–water partition coefficient (Wildman–Crippen LogP) is 4.58. The lowest BCUT2D eigenvalue weighted by Crippen LogP contribution is -2.15. The van der Waals surface area contributed by atoms with E-state index in [-0.39, 0.29) is 33.6 Å². The topological polar surface area (TPSA) is 125 Å². The molecule has 0 aliphatic carbocycles. The van der Waals surface area contributed by atoms with Crippen molar-refractivity contribution >= 4 is 40.8 Å². The molecule has 0 bridgehead atoms. The lowest BCUT2D eigenvalue weighted by Gasteiger charge is -2.13. The van der Waals surface area contributed by atoms with Crippen LogP contribution in [0.4, 0.5) is 11.5 Å². The van der Waals surface area contributed by atoms with Crippen molar-refractivity contribution in [3.05, 3.63) is 70.7 Å². The number of carbonyl (C=O) groups excluding carboxylic acids is 1. The minimum Gasteiger partial charge on any atom is -0.455 e. The van der Waals surface area contributed by atoms with E-state index in [9.17, 15) is 10.1 Å². The molecule has 0 atom stereocenters. The third-order valence-electron chi connectivity index (χ3n) is 3.78. The number of nitriles is 2. The second-order valence-corrected chi connectivity index (χ2v) is 7.29. The van der Waals surface area contributed by atoms with Gasteiger partial charge in [-0.1, -0.05) is 41.6 Å². The van der Waals surface area contributed by atoms with E-state index in [1.807, 2.05) is 30.3 Å². The number of anilines is 2. The zero-order chi connectivity index (χ0) is 21.5. The number of nitrogens with two attached hydrogens (primary N) is 1. The largest absolute Gasteiger partial charge is 0.455 e. The number of rotatable bonds is 6. The fraction of sp³-hybridized carbons (Fsp3) is 0.0476. The number of halogens is 1. The maximum atomic E-state index is 12.5. The number of hydrogen-bond donors (Lipinski definition) is 2. The summed E-state index contributed by atoms with van der Waals surface area (Å²) in [5.74, 6) is 0.661. The number of hydrogen-bond acceptors (Lipinski definition) is 7. The number of pyridine rings is 1. The molecule has 1 amide bonds. The molecule has 0 fully saturated rings. The van der Waals surface area contributed by atoms with Gasteiger partial charge in [0, 0.05) is 5.02 Å². The van der Waals surface area contributed by atoms with Gasteiger partial charge in [0.1, 0.15) is 28.7 Å². The molecule has 0 unspecified atom stereocenters. The van der Waals surface area contributed by atoms with Crippen LogP contribution in [0, 0.1) is 22.7 Å². The maximum Gasteiger partial charge on any atom is 0.234 e. The molecule has 0 radical (unpaired) electrons. The van der Waals surface area contributed by atoms with E-state index in [4.69, 9.17) is 27.3 Å². The average Bonchev–Trinajstić information content (AvgIpc) is 2.75. The van der Waals surface area contributed by atoms with Crippen LogP contribution >= 0.6 is 23.4 Å². The Morgan fingerprint density at radius 2 is 1.87 bits per heavy atom. The lowest BCUT2D eigenvalue weighted by atomic mass is 10.2. The smallest absolute Gasteiger partial charge is 0.234 e. The van der Waals surface area contributed by atoms with E-state index in [0.29, 0.717) is 22.2 Å². The van der Waals surface area contributed by atoms with E-state index < -0.39 is 0 Å². The summed E-state index contributed by atoms with van der Waals surface area (Å²) < 4.78 is 5.82. The molecule has 3 N–H and O–H groups in total. The minimum absolute atomic E-state index is 0.00722. The number of carbonyl (C=O) groups is 1. The van der Waals surface area contributed by atoms with Gasteiger partial charge in [-0.3, -0.25) is 4.79 Å². The van der Waals surface area contributed by atoms with Crippen molar-refractivity contribution in [1.29, 1.82) is 10.5 Å². The van der Waals surface area contributed by atoms with Gasteiger partial charge in [-0.2, -0.15) is 10.5 Å². The number of nitrogens with zero attached hydrogens (tertiary/aromatic N) is 3. The van der Waals surface area contributed by atoms with Gasteiger partial charge in [0.2, 0.25) is 5.91 Å². The second-order valence-electron chi connectivity index (χ2n) is 5.89. The number of aromatic nitrogens is 1. The highest BCUT2D eigenvalue weighted by Crippen LogP contribution is 2.32. The number of benzene rings is 2. The first-order valence-electron chi connectivity index (χ1n) is 8.56. The Bertz CT molecular complexity index is 1170. The minimum atomic E-state index is -0.353. The molecule has 1 aromatic heterocycles. The first kappa shape index (κ1) is 21.0. The van der Waals surface area contributed by atoms with Crippen LogP contribution < -0.4 is 15.8 Å². The van der Waals surface area contributed by atoms with E-state index >= 15 is 0 Å². The number of para-hydroxylation sites is 1. The normalized spacial score (nSPS) is 9.97. The molecular weight excluding hydrogens is 422 g/mol. The summed E-state index contributed by atoms with van der Waals surface area (Å²) >= 11 is 7.10. The molecule has 148 valence electrons. The van der Waals surface area contributed by atoms with Crippen molar-refractivity contribution in [3.8, 4) is 23.6 Å². The van der Waals surface area contributed by atoms with Crippen molar-refractivity contribution in [2.45, 2.75) is 5.03 Å². The van der Waals surface area contributed by atoms with Crippen molar-refractivity contribution < 1.29 is 9.53 Å². The van der Waals surface area contributed by atoms with Gasteiger partial charge in [0.25, 0.3) is 0 Å². The highest BCUT2D eigenvalue weighted by molar-refractivity contribution is 8.00. The van der Waals surface area contributed by atoms with Crippen LogP contribution in [-0.4, -0.2) is 16.6 Å². The molecule has 7 nitrogen and oxygen atoms in total.